The number of likely N-dealkylation sites (tertiary alicyclic amines) is 1. The number of aromatic nitrogens is 1. The first-order valence-corrected chi connectivity index (χ1v) is 23.7. The van der Waals surface area contributed by atoms with Gasteiger partial charge in [-0.15, -0.1) is 11.3 Å². The number of ether oxygens (including phenoxy) is 3. The second kappa shape index (κ2) is 22.6. The number of thiazole rings is 1. The molecule has 0 bridgehead atoms. The lowest BCUT2D eigenvalue weighted by molar-refractivity contribution is -0.144. The number of nitrogens with zero attached hydrogens (tertiary/aromatic N) is 5. The summed E-state index contributed by atoms with van der Waals surface area (Å²) >= 11 is 1.56. The zero-order chi connectivity index (χ0) is 51.0. The quantitative estimate of drug-likeness (QED) is 0.0599. The van der Waals surface area contributed by atoms with Crippen molar-refractivity contribution in [2.75, 3.05) is 49.4 Å². The molecule has 3 heterocycles. The van der Waals surface area contributed by atoms with Gasteiger partial charge in [-0.25, -0.2) is 14.7 Å². The minimum Gasteiger partial charge on any atom is -0.491 e. The van der Waals surface area contributed by atoms with Crippen LogP contribution >= 0.6 is 11.3 Å². The summed E-state index contributed by atoms with van der Waals surface area (Å²) < 4.78 is 58.0. The summed E-state index contributed by atoms with van der Waals surface area (Å²) in [6, 6.07) is 15.6. The molecule has 2 aliphatic rings. The molecule has 374 valence electrons. The summed E-state index contributed by atoms with van der Waals surface area (Å²) in [5, 5.41) is 25.5. The third-order valence-corrected chi connectivity index (χ3v) is 13.0. The molecule has 0 spiro atoms. The first kappa shape index (κ1) is 53.0. The van der Waals surface area contributed by atoms with Crippen LogP contribution in [-0.2, 0) is 41.4 Å². The minimum absolute atomic E-state index is 0.0222. The number of carbonyl (C=O) groups excluding carboxylic acids is 5. The van der Waals surface area contributed by atoms with Gasteiger partial charge in [0.25, 0.3) is 5.91 Å². The number of aryl methyl sites for hydroxylation is 1. The summed E-state index contributed by atoms with van der Waals surface area (Å²) in [6.45, 7) is 12.0. The smallest absolute Gasteiger partial charge is 0.417 e. The number of hydrogen-bond donors (Lipinski definition) is 3. The van der Waals surface area contributed by atoms with Crippen molar-refractivity contribution in [2.45, 2.75) is 104 Å². The molecule has 3 aromatic carbocycles. The molecule has 1 unspecified atom stereocenters. The zero-order valence-electron chi connectivity index (χ0n) is 39.9. The largest absolute Gasteiger partial charge is 0.491 e. The highest BCUT2D eigenvalue weighted by molar-refractivity contribution is 7.13. The van der Waals surface area contributed by atoms with Crippen molar-refractivity contribution in [2.24, 2.45) is 5.41 Å². The van der Waals surface area contributed by atoms with Gasteiger partial charge in [0.05, 0.1) is 64.9 Å². The van der Waals surface area contributed by atoms with Gasteiger partial charge < -0.3 is 34.9 Å². The van der Waals surface area contributed by atoms with E-state index >= 15 is 0 Å². The Kier molecular flexibility index (Phi) is 17.1. The van der Waals surface area contributed by atoms with Gasteiger partial charge in [-0.05, 0) is 92.6 Å². The number of alkyl halides is 3. The lowest BCUT2D eigenvalue weighted by Gasteiger charge is -2.35. The highest BCUT2D eigenvalue weighted by Crippen LogP contribution is 2.40. The van der Waals surface area contributed by atoms with Gasteiger partial charge in [0.2, 0.25) is 17.7 Å². The number of benzene rings is 3. The van der Waals surface area contributed by atoms with Crippen molar-refractivity contribution in [3.63, 3.8) is 0 Å². The highest BCUT2D eigenvalue weighted by atomic mass is 32.1. The predicted octanol–water partition coefficient (Wildman–Crippen LogP) is 7.15. The fourth-order valence-electron chi connectivity index (χ4n) is 8.19. The molecule has 0 radical (unpaired) electrons. The number of anilines is 2. The monoisotopic (exact) mass is 989 g/mol. The second-order valence-corrected chi connectivity index (χ2v) is 19.5. The molecule has 4 aromatic rings. The van der Waals surface area contributed by atoms with Crippen LogP contribution in [0.2, 0.25) is 0 Å². The van der Waals surface area contributed by atoms with Gasteiger partial charge in [0.15, 0.2) is 0 Å². The van der Waals surface area contributed by atoms with Crippen LogP contribution in [0, 0.1) is 23.7 Å². The number of urea groups is 1. The average Bonchev–Trinajstić information content (AvgIpc) is 3.98. The molecule has 2 fully saturated rings. The molecule has 0 saturated carbocycles. The van der Waals surface area contributed by atoms with Crippen LogP contribution in [0.1, 0.15) is 82.7 Å². The summed E-state index contributed by atoms with van der Waals surface area (Å²) in [5.74, 6) is -1.42. The maximum Gasteiger partial charge on any atom is 0.417 e. The molecule has 20 heteroatoms. The number of rotatable bonds is 20. The van der Waals surface area contributed by atoms with Gasteiger partial charge in [-0.3, -0.25) is 24.1 Å². The van der Waals surface area contributed by atoms with E-state index in [1.165, 1.54) is 29.7 Å². The molecule has 70 heavy (non-hydrogen) atoms. The standard InChI is InChI=1S/C50H58F3N7O9S/c1-31-42(70-30-56-31)33-12-10-32(11-13-33)28-55-44(63)40-26-37(61)29-58(40)45(64)43(48(2,3)4)57-41(62)9-7-8-20-67-21-22-68-23-24-69-38-18-16-35(17-19-38)60-47(66)59(46(65)49(60,5)6)36-15-14-34(27-54)39(25-36)50(51,52)53/h10-19,25,30,37,40,43,61H,7-9,20-24,26,28-29H2,1-6H3,(H,55,63)(H,57,62)/t37-,40+,43?/m1/s1. The van der Waals surface area contributed by atoms with Gasteiger partial charge in [0.1, 0.15) is 30.0 Å². The van der Waals surface area contributed by atoms with Gasteiger partial charge >= 0.3 is 12.2 Å². The number of amides is 6. The first-order chi connectivity index (χ1) is 33.1. The van der Waals surface area contributed by atoms with E-state index in [9.17, 15) is 42.3 Å². The van der Waals surface area contributed by atoms with E-state index in [1.807, 2.05) is 52.0 Å². The zero-order valence-corrected chi connectivity index (χ0v) is 40.7. The van der Waals surface area contributed by atoms with Crippen molar-refractivity contribution in [3.8, 4) is 22.3 Å². The molecule has 2 saturated heterocycles. The third-order valence-electron chi connectivity index (χ3n) is 12.0. The van der Waals surface area contributed by atoms with Crippen LogP contribution in [-0.4, -0.2) is 108 Å². The first-order valence-electron chi connectivity index (χ1n) is 22.8. The number of imide groups is 1. The van der Waals surface area contributed by atoms with E-state index in [1.54, 1.807) is 41.1 Å². The average molecular weight is 990 g/mol. The van der Waals surface area contributed by atoms with Crippen LogP contribution in [0.25, 0.3) is 10.4 Å². The number of nitrogens with one attached hydrogen (secondary N) is 2. The van der Waals surface area contributed by atoms with E-state index in [2.05, 4.69) is 15.6 Å². The number of nitriles is 1. The third kappa shape index (κ3) is 12.7. The number of β-amino-alcohol motifs (C(OH)–C–C–N with tert-alkyl or cyclic N) is 1. The minimum atomic E-state index is -4.87. The Hall–Kier alpha value is -6.40. The maximum absolute atomic E-state index is 14.0. The van der Waals surface area contributed by atoms with Gasteiger partial charge in [0, 0.05) is 38.2 Å². The lowest BCUT2D eigenvalue weighted by atomic mass is 9.85. The summed E-state index contributed by atoms with van der Waals surface area (Å²) in [6.07, 6.45) is -4.44. The highest BCUT2D eigenvalue weighted by Gasteiger charge is 2.53. The van der Waals surface area contributed by atoms with Crippen molar-refractivity contribution in [1.82, 2.24) is 20.5 Å². The Morgan fingerprint density at radius 1 is 0.943 bits per heavy atom. The fraction of sp³-hybridized carbons (Fsp3) is 0.460. The number of aliphatic hydroxyl groups is 1. The Morgan fingerprint density at radius 3 is 2.23 bits per heavy atom. The molecule has 6 amide bonds. The predicted molar refractivity (Wildman–Crippen MR) is 255 cm³/mol. The number of carbonyl (C=O) groups is 5. The number of hydrogen-bond acceptors (Lipinski definition) is 12. The molecular formula is C50H58F3N7O9S. The maximum atomic E-state index is 14.0. The number of halogens is 3. The lowest BCUT2D eigenvalue weighted by Crippen LogP contribution is -2.57. The van der Waals surface area contributed by atoms with Crippen molar-refractivity contribution in [3.05, 3.63) is 94.6 Å². The second-order valence-electron chi connectivity index (χ2n) is 18.6. The molecule has 0 aliphatic carbocycles. The molecule has 16 nitrogen and oxygen atoms in total. The Bertz CT molecular complexity index is 2560. The van der Waals surface area contributed by atoms with E-state index < -0.39 is 64.3 Å². The molecule has 3 atom stereocenters. The number of aliphatic hydroxyl groups excluding tert-OH is 1. The van der Waals surface area contributed by atoms with Crippen molar-refractivity contribution in [1.29, 1.82) is 5.26 Å². The van der Waals surface area contributed by atoms with Gasteiger partial charge in [-0.2, -0.15) is 18.4 Å². The van der Waals surface area contributed by atoms with E-state index in [-0.39, 0.29) is 63.3 Å². The van der Waals surface area contributed by atoms with E-state index in [4.69, 9.17) is 19.5 Å². The van der Waals surface area contributed by atoms with E-state index in [0.29, 0.717) is 48.5 Å². The van der Waals surface area contributed by atoms with Crippen molar-refractivity contribution < 1.29 is 56.5 Å². The van der Waals surface area contributed by atoms with Crippen LogP contribution in [0.3, 0.4) is 0 Å². The summed E-state index contributed by atoms with van der Waals surface area (Å²) in [7, 11) is 0. The van der Waals surface area contributed by atoms with Crippen LogP contribution < -0.4 is 25.2 Å². The Balaban J connectivity index is 0.867. The van der Waals surface area contributed by atoms with Crippen molar-refractivity contribution >= 4 is 52.4 Å². The SMILES string of the molecule is Cc1ncsc1-c1ccc(CNC(=O)[C@@H]2C[C@@H](O)CN2C(=O)C(NC(=O)CCCCOCCOCCOc2ccc(N3C(=O)N(c4ccc(C#N)c(C(F)(F)F)c4)C(=O)C3(C)C)cc2)C(C)(C)C)cc1. The molecule has 2 aliphatic heterocycles. The summed E-state index contributed by atoms with van der Waals surface area (Å²) in [4.78, 5) is 76.0. The fourth-order valence-corrected chi connectivity index (χ4v) is 9.01. The van der Waals surface area contributed by atoms with E-state index in [0.717, 1.165) is 33.8 Å². The van der Waals surface area contributed by atoms with Crippen LogP contribution in [0.5, 0.6) is 5.75 Å². The number of unbranched alkanes of at least 4 members (excludes halogenated alkanes) is 1. The normalized spacial score (nSPS) is 17.4. The molecule has 3 N–H and O–H groups in total. The van der Waals surface area contributed by atoms with Crippen LogP contribution in [0.4, 0.5) is 29.3 Å². The Morgan fingerprint density at radius 2 is 1.60 bits per heavy atom. The van der Waals surface area contributed by atoms with Crippen LogP contribution in [0.15, 0.2) is 72.2 Å². The van der Waals surface area contributed by atoms with Gasteiger partial charge in [-0.1, -0.05) is 45.0 Å². The Labute approximate surface area is 408 Å². The molecular weight excluding hydrogens is 932 g/mol. The molecule has 6 rings (SSSR count). The summed E-state index contributed by atoms with van der Waals surface area (Å²) in [5.41, 5.74) is 0.659. The topological polar surface area (TPSA) is 204 Å². The molecule has 1 aromatic heterocycles.